The summed E-state index contributed by atoms with van der Waals surface area (Å²) >= 11 is 29.2. The van der Waals surface area contributed by atoms with E-state index in [9.17, 15) is 4.79 Å². The summed E-state index contributed by atoms with van der Waals surface area (Å²) in [6.07, 6.45) is 0.922. The average Bonchev–Trinajstić information content (AvgIpc) is 2.28. The first-order valence-corrected chi connectivity index (χ1v) is 5.97. The van der Waals surface area contributed by atoms with Crippen molar-refractivity contribution >= 4 is 64.3 Å². The van der Waals surface area contributed by atoms with Crippen LogP contribution in [0.1, 0.15) is 6.42 Å². The van der Waals surface area contributed by atoms with Crippen molar-refractivity contribution in [1.29, 1.82) is 0 Å². The third-order valence-corrected chi connectivity index (χ3v) is 3.89. The predicted molar refractivity (Wildman–Crippen MR) is 67.7 cm³/mol. The van der Waals surface area contributed by atoms with E-state index in [1.165, 1.54) is 0 Å². The molecule has 2 nitrogen and oxygen atoms in total. The van der Waals surface area contributed by atoms with E-state index in [0.717, 1.165) is 0 Å². The van der Waals surface area contributed by atoms with Crippen molar-refractivity contribution in [1.82, 2.24) is 0 Å². The van der Waals surface area contributed by atoms with Gasteiger partial charge in [-0.25, -0.2) is 0 Å². The molecule has 1 rings (SSSR count). The van der Waals surface area contributed by atoms with Crippen molar-refractivity contribution in [2.45, 2.75) is 6.42 Å². The number of aldehydes is 1. The van der Waals surface area contributed by atoms with E-state index in [4.69, 9.17) is 62.7 Å². The molecule has 0 heterocycles. The van der Waals surface area contributed by atoms with E-state index in [1.54, 1.807) is 0 Å². The molecule has 88 valence electrons. The monoisotopic (exact) mass is 320 g/mol. The standard InChI is InChI=1S/C9H5Cl5O2/c10-4-5(11)7(13)9(8(14)6(4)12)16-3-1-2-15/h2H,1,3H2. The number of carbonyl (C=O) groups excluding carboxylic acids is 1. The van der Waals surface area contributed by atoms with Crippen molar-refractivity contribution in [2.24, 2.45) is 0 Å². The topological polar surface area (TPSA) is 26.3 Å². The fraction of sp³-hybridized carbons (Fsp3) is 0.222. The molecule has 0 bridgehead atoms. The number of ether oxygens (including phenoxy) is 1. The summed E-state index contributed by atoms with van der Waals surface area (Å²) in [7, 11) is 0. The Morgan fingerprint density at radius 3 is 1.75 bits per heavy atom. The molecule has 0 spiro atoms. The van der Waals surface area contributed by atoms with Crippen molar-refractivity contribution in [2.75, 3.05) is 6.61 Å². The zero-order valence-corrected chi connectivity index (χ0v) is 11.5. The molecule has 16 heavy (non-hydrogen) atoms. The number of hydrogen-bond donors (Lipinski definition) is 0. The minimum absolute atomic E-state index is 0.0684. The summed E-state index contributed by atoms with van der Waals surface area (Å²) in [5.41, 5.74) is 0. The number of halogens is 5. The Morgan fingerprint density at radius 1 is 0.875 bits per heavy atom. The van der Waals surface area contributed by atoms with Gasteiger partial charge in [-0.2, -0.15) is 0 Å². The smallest absolute Gasteiger partial charge is 0.159 e. The summed E-state index contributed by atoms with van der Waals surface area (Å²) in [5.74, 6) is 0.129. The van der Waals surface area contributed by atoms with Crippen molar-refractivity contribution < 1.29 is 9.53 Å². The highest BCUT2D eigenvalue weighted by Crippen LogP contribution is 2.48. The summed E-state index contributed by atoms with van der Waals surface area (Å²) < 4.78 is 5.20. The highest BCUT2D eigenvalue weighted by Gasteiger charge is 2.20. The van der Waals surface area contributed by atoms with Crippen LogP contribution in [0, 0.1) is 0 Å². The Balaban J connectivity index is 3.13. The normalized spacial score (nSPS) is 10.3. The maximum atomic E-state index is 10.1. The Kier molecular flexibility index (Phi) is 5.48. The highest BCUT2D eigenvalue weighted by atomic mass is 35.5. The molecule has 0 unspecified atom stereocenters. The quantitative estimate of drug-likeness (QED) is 0.340. The fourth-order valence-electron chi connectivity index (χ4n) is 0.921. The fourth-order valence-corrected chi connectivity index (χ4v) is 2.15. The van der Waals surface area contributed by atoms with Crippen LogP contribution in [0.4, 0.5) is 0 Å². The van der Waals surface area contributed by atoms with E-state index in [-0.39, 0.29) is 43.9 Å². The number of benzene rings is 1. The van der Waals surface area contributed by atoms with Gasteiger partial charge in [-0.3, -0.25) is 0 Å². The number of hydrogen-bond acceptors (Lipinski definition) is 2. The summed E-state index contributed by atoms with van der Waals surface area (Å²) in [6, 6.07) is 0. The Morgan fingerprint density at radius 2 is 1.31 bits per heavy atom. The van der Waals surface area contributed by atoms with Gasteiger partial charge < -0.3 is 9.53 Å². The van der Waals surface area contributed by atoms with Gasteiger partial charge in [0.2, 0.25) is 0 Å². The Bertz CT molecular complexity index is 390. The highest BCUT2D eigenvalue weighted by molar-refractivity contribution is 6.55. The third-order valence-electron chi connectivity index (χ3n) is 1.65. The molecule has 0 aromatic heterocycles. The maximum Gasteiger partial charge on any atom is 0.159 e. The molecule has 0 aliphatic heterocycles. The van der Waals surface area contributed by atoms with Crippen molar-refractivity contribution in [3.63, 3.8) is 0 Å². The zero-order valence-electron chi connectivity index (χ0n) is 7.70. The molecule has 0 aliphatic carbocycles. The second-order valence-electron chi connectivity index (χ2n) is 2.70. The van der Waals surface area contributed by atoms with Gasteiger partial charge in [-0.1, -0.05) is 58.0 Å². The Hall–Kier alpha value is 0.140. The molecule has 0 aliphatic rings. The minimum Gasteiger partial charge on any atom is -0.490 e. The van der Waals surface area contributed by atoms with Gasteiger partial charge in [0.05, 0.1) is 21.7 Å². The molecule has 0 saturated carbocycles. The van der Waals surface area contributed by atoms with E-state index in [1.807, 2.05) is 0 Å². The summed E-state index contributed by atoms with van der Waals surface area (Å²) in [6.45, 7) is 0.136. The van der Waals surface area contributed by atoms with E-state index in [0.29, 0.717) is 6.29 Å². The van der Waals surface area contributed by atoms with Gasteiger partial charge >= 0.3 is 0 Å². The number of rotatable bonds is 4. The van der Waals surface area contributed by atoms with Crippen LogP contribution in [-0.4, -0.2) is 12.9 Å². The lowest BCUT2D eigenvalue weighted by molar-refractivity contribution is -0.108. The lowest BCUT2D eigenvalue weighted by atomic mass is 10.3. The molecule has 7 heteroatoms. The van der Waals surface area contributed by atoms with Crippen LogP contribution in [0.25, 0.3) is 0 Å². The minimum atomic E-state index is 0.0684. The Labute approximate surface area is 117 Å². The van der Waals surface area contributed by atoms with Gasteiger partial charge in [-0.05, 0) is 0 Å². The number of carbonyl (C=O) groups is 1. The first-order valence-electron chi connectivity index (χ1n) is 4.08. The molecule has 0 radical (unpaired) electrons. The van der Waals surface area contributed by atoms with Gasteiger partial charge in [-0.15, -0.1) is 0 Å². The van der Waals surface area contributed by atoms with Crippen LogP contribution in [0.3, 0.4) is 0 Å². The first kappa shape index (κ1) is 14.2. The lowest BCUT2D eigenvalue weighted by Gasteiger charge is -2.12. The van der Waals surface area contributed by atoms with Gasteiger partial charge in [0, 0.05) is 6.42 Å². The average molecular weight is 322 g/mol. The van der Waals surface area contributed by atoms with Crippen LogP contribution in [0.15, 0.2) is 0 Å². The van der Waals surface area contributed by atoms with Crippen molar-refractivity contribution in [3.8, 4) is 5.75 Å². The molecular formula is C9H5Cl5O2. The van der Waals surface area contributed by atoms with Gasteiger partial charge in [0.25, 0.3) is 0 Å². The molecule has 0 amide bonds. The molecule has 0 saturated heterocycles. The molecule has 1 aromatic carbocycles. The van der Waals surface area contributed by atoms with Gasteiger partial charge in [0.15, 0.2) is 5.75 Å². The predicted octanol–water partition coefficient (Wildman–Crippen LogP) is 4.92. The molecule has 1 aromatic rings. The van der Waals surface area contributed by atoms with E-state index in [2.05, 4.69) is 0 Å². The summed E-state index contributed by atoms with van der Waals surface area (Å²) in [5, 5.41) is 0.359. The third kappa shape index (κ3) is 2.88. The first-order chi connectivity index (χ1) is 7.50. The largest absolute Gasteiger partial charge is 0.490 e. The van der Waals surface area contributed by atoms with Gasteiger partial charge in [0.1, 0.15) is 16.3 Å². The molecular weight excluding hydrogens is 317 g/mol. The van der Waals surface area contributed by atoms with Crippen LogP contribution < -0.4 is 4.74 Å². The summed E-state index contributed by atoms with van der Waals surface area (Å²) in [4.78, 5) is 10.1. The second-order valence-corrected chi connectivity index (χ2v) is 4.59. The van der Waals surface area contributed by atoms with Crippen LogP contribution in [-0.2, 0) is 4.79 Å². The van der Waals surface area contributed by atoms with Crippen LogP contribution in [0.5, 0.6) is 5.75 Å². The van der Waals surface area contributed by atoms with Crippen LogP contribution in [0.2, 0.25) is 25.1 Å². The second kappa shape index (κ2) is 6.18. The van der Waals surface area contributed by atoms with Crippen LogP contribution >= 0.6 is 58.0 Å². The SMILES string of the molecule is O=CCCOc1c(Cl)c(Cl)c(Cl)c(Cl)c1Cl. The molecule has 0 fully saturated rings. The zero-order chi connectivity index (χ0) is 12.3. The maximum absolute atomic E-state index is 10.1. The molecule has 0 N–H and O–H groups in total. The lowest BCUT2D eigenvalue weighted by Crippen LogP contribution is -1.99. The van der Waals surface area contributed by atoms with E-state index >= 15 is 0 Å². The molecule has 0 atom stereocenters. The van der Waals surface area contributed by atoms with E-state index < -0.39 is 0 Å². The van der Waals surface area contributed by atoms with Crippen molar-refractivity contribution in [3.05, 3.63) is 25.1 Å².